The molecule has 3 aromatic rings. The number of rotatable bonds is 8. The van der Waals surface area contributed by atoms with Gasteiger partial charge in [-0.05, 0) is 45.0 Å². The first-order chi connectivity index (χ1) is 14.9. The number of hydrogen-bond donors (Lipinski definition) is 0. The van der Waals surface area contributed by atoms with Crippen molar-refractivity contribution in [3.63, 3.8) is 0 Å². The summed E-state index contributed by atoms with van der Waals surface area (Å²) in [5.74, 6) is 0.606. The monoisotopic (exact) mass is 423 g/mol. The zero-order chi connectivity index (χ0) is 22.5. The lowest BCUT2D eigenvalue weighted by atomic mass is 9.99. The standard InChI is InChI=1S/C24H25NO6/c1-6-30-24(27)19-13-25-22(18-12-21(29-5)20(28-4)11-17(18)19)23(26)15-8-7-9-16(10-15)31-14(2)3/h7-14H,6H2,1-5H3. The smallest absolute Gasteiger partial charge is 0.340 e. The number of pyridine rings is 1. The Morgan fingerprint density at radius 3 is 2.29 bits per heavy atom. The van der Waals surface area contributed by atoms with Crippen LogP contribution in [-0.2, 0) is 4.74 Å². The maximum absolute atomic E-state index is 13.4. The fraction of sp³-hybridized carbons (Fsp3) is 0.292. The van der Waals surface area contributed by atoms with Crippen molar-refractivity contribution >= 4 is 22.5 Å². The van der Waals surface area contributed by atoms with Crippen LogP contribution in [0.15, 0.2) is 42.6 Å². The molecule has 0 aliphatic heterocycles. The molecule has 0 atom stereocenters. The summed E-state index contributed by atoms with van der Waals surface area (Å²) in [6.07, 6.45) is 1.33. The molecular formula is C24H25NO6. The zero-order valence-corrected chi connectivity index (χ0v) is 18.2. The lowest BCUT2D eigenvalue weighted by molar-refractivity contribution is 0.0528. The van der Waals surface area contributed by atoms with Gasteiger partial charge in [0, 0.05) is 22.5 Å². The normalized spacial score (nSPS) is 10.8. The van der Waals surface area contributed by atoms with E-state index in [0.29, 0.717) is 33.6 Å². The van der Waals surface area contributed by atoms with Crippen molar-refractivity contribution in [3.05, 3.63) is 59.4 Å². The number of esters is 1. The molecule has 3 rings (SSSR count). The fourth-order valence-electron chi connectivity index (χ4n) is 3.24. The third-order valence-electron chi connectivity index (χ3n) is 4.57. The first kappa shape index (κ1) is 22.1. The molecule has 0 aliphatic carbocycles. The molecule has 1 heterocycles. The van der Waals surface area contributed by atoms with Crippen molar-refractivity contribution in [2.45, 2.75) is 26.9 Å². The molecule has 162 valence electrons. The van der Waals surface area contributed by atoms with Gasteiger partial charge in [-0.1, -0.05) is 12.1 Å². The molecule has 2 aromatic carbocycles. The predicted octanol–water partition coefficient (Wildman–Crippen LogP) is 4.45. The van der Waals surface area contributed by atoms with Gasteiger partial charge in [0.25, 0.3) is 0 Å². The number of hydrogen-bond acceptors (Lipinski definition) is 7. The second-order valence-corrected chi connectivity index (χ2v) is 7.02. The molecule has 1 aromatic heterocycles. The summed E-state index contributed by atoms with van der Waals surface area (Å²) < 4.78 is 21.6. The van der Waals surface area contributed by atoms with Gasteiger partial charge in [-0.25, -0.2) is 4.79 Å². The Morgan fingerprint density at radius 1 is 1.00 bits per heavy atom. The van der Waals surface area contributed by atoms with Crippen molar-refractivity contribution in [3.8, 4) is 17.2 Å². The lowest BCUT2D eigenvalue weighted by Gasteiger charge is -2.14. The molecule has 0 saturated carbocycles. The number of aromatic nitrogens is 1. The van der Waals surface area contributed by atoms with E-state index in [9.17, 15) is 9.59 Å². The highest BCUT2D eigenvalue weighted by Crippen LogP contribution is 2.35. The van der Waals surface area contributed by atoms with Gasteiger partial charge in [0.05, 0.1) is 32.5 Å². The minimum atomic E-state index is -0.529. The quantitative estimate of drug-likeness (QED) is 0.391. The van der Waals surface area contributed by atoms with Crippen molar-refractivity contribution in [1.82, 2.24) is 4.98 Å². The van der Waals surface area contributed by atoms with Gasteiger partial charge in [-0.15, -0.1) is 0 Å². The number of benzene rings is 2. The summed E-state index contributed by atoms with van der Waals surface area (Å²) in [6, 6.07) is 10.2. The number of fused-ring (bicyclic) bond motifs is 1. The van der Waals surface area contributed by atoms with E-state index >= 15 is 0 Å². The maximum Gasteiger partial charge on any atom is 0.340 e. The third kappa shape index (κ3) is 4.60. The Bertz CT molecular complexity index is 1120. The van der Waals surface area contributed by atoms with E-state index in [2.05, 4.69) is 4.98 Å². The Balaban J connectivity index is 2.19. The van der Waals surface area contributed by atoms with E-state index in [-0.39, 0.29) is 29.8 Å². The van der Waals surface area contributed by atoms with Crippen molar-refractivity contribution < 1.29 is 28.5 Å². The molecule has 0 bridgehead atoms. The fourth-order valence-corrected chi connectivity index (χ4v) is 3.24. The number of carbonyl (C=O) groups excluding carboxylic acids is 2. The van der Waals surface area contributed by atoms with Crippen molar-refractivity contribution in [2.75, 3.05) is 20.8 Å². The van der Waals surface area contributed by atoms with Crippen LogP contribution in [0.4, 0.5) is 0 Å². The molecule has 31 heavy (non-hydrogen) atoms. The van der Waals surface area contributed by atoms with Crippen LogP contribution in [-0.4, -0.2) is 43.7 Å². The van der Waals surface area contributed by atoms with Crippen LogP contribution in [0, 0.1) is 0 Å². The van der Waals surface area contributed by atoms with Gasteiger partial charge in [0.1, 0.15) is 11.4 Å². The summed E-state index contributed by atoms with van der Waals surface area (Å²) in [6.45, 7) is 5.77. The second kappa shape index (κ2) is 9.47. The van der Waals surface area contributed by atoms with Crippen LogP contribution in [0.2, 0.25) is 0 Å². The predicted molar refractivity (Wildman–Crippen MR) is 116 cm³/mol. The first-order valence-corrected chi connectivity index (χ1v) is 9.92. The second-order valence-electron chi connectivity index (χ2n) is 7.02. The van der Waals surface area contributed by atoms with E-state index < -0.39 is 5.97 Å². The molecule has 0 fully saturated rings. The molecule has 0 saturated heterocycles. The average molecular weight is 423 g/mol. The number of nitrogens with zero attached hydrogens (tertiary/aromatic N) is 1. The van der Waals surface area contributed by atoms with E-state index in [4.69, 9.17) is 18.9 Å². The maximum atomic E-state index is 13.4. The van der Waals surface area contributed by atoms with Gasteiger partial charge in [0.2, 0.25) is 5.78 Å². The highest BCUT2D eigenvalue weighted by molar-refractivity contribution is 6.18. The molecule has 0 unspecified atom stereocenters. The van der Waals surface area contributed by atoms with Gasteiger partial charge in [-0.2, -0.15) is 0 Å². The third-order valence-corrected chi connectivity index (χ3v) is 4.57. The van der Waals surface area contributed by atoms with Crippen LogP contribution < -0.4 is 14.2 Å². The topological polar surface area (TPSA) is 84.0 Å². The van der Waals surface area contributed by atoms with Crippen LogP contribution >= 0.6 is 0 Å². The van der Waals surface area contributed by atoms with Crippen LogP contribution in [0.5, 0.6) is 17.2 Å². The Morgan fingerprint density at radius 2 is 1.68 bits per heavy atom. The molecule has 0 amide bonds. The van der Waals surface area contributed by atoms with Crippen LogP contribution in [0.3, 0.4) is 0 Å². The van der Waals surface area contributed by atoms with Gasteiger partial charge >= 0.3 is 5.97 Å². The molecular weight excluding hydrogens is 398 g/mol. The molecule has 0 N–H and O–H groups in total. The largest absolute Gasteiger partial charge is 0.493 e. The Kier molecular flexibility index (Phi) is 6.74. The summed E-state index contributed by atoms with van der Waals surface area (Å²) in [7, 11) is 3.00. The summed E-state index contributed by atoms with van der Waals surface area (Å²) >= 11 is 0. The van der Waals surface area contributed by atoms with Gasteiger partial charge in [0.15, 0.2) is 11.5 Å². The minimum absolute atomic E-state index is 0.0232. The first-order valence-electron chi connectivity index (χ1n) is 9.92. The molecule has 7 nitrogen and oxygen atoms in total. The van der Waals surface area contributed by atoms with E-state index in [1.807, 2.05) is 13.8 Å². The number of ketones is 1. The Labute approximate surface area is 180 Å². The van der Waals surface area contributed by atoms with Gasteiger partial charge < -0.3 is 18.9 Å². The van der Waals surface area contributed by atoms with Crippen molar-refractivity contribution in [1.29, 1.82) is 0 Å². The van der Waals surface area contributed by atoms with Crippen LogP contribution in [0.25, 0.3) is 10.8 Å². The van der Waals surface area contributed by atoms with Gasteiger partial charge in [-0.3, -0.25) is 9.78 Å². The van der Waals surface area contributed by atoms with Crippen molar-refractivity contribution in [2.24, 2.45) is 0 Å². The summed E-state index contributed by atoms with van der Waals surface area (Å²) in [5.41, 5.74) is 0.850. The minimum Gasteiger partial charge on any atom is -0.493 e. The summed E-state index contributed by atoms with van der Waals surface area (Å²) in [4.78, 5) is 30.1. The Hall–Kier alpha value is -3.61. The number of ether oxygens (including phenoxy) is 4. The molecule has 0 aliphatic rings. The zero-order valence-electron chi connectivity index (χ0n) is 18.2. The van der Waals surface area contributed by atoms with Crippen LogP contribution in [0.1, 0.15) is 47.2 Å². The SMILES string of the molecule is CCOC(=O)c1cnc(C(=O)c2cccc(OC(C)C)c2)c2cc(OC)c(OC)cc12. The average Bonchev–Trinajstić information content (AvgIpc) is 2.76. The van der Waals surface area contributed by atoms with E-state index in [0.717, 1.165) is 0 Å². The lowest BCUT2D eigenvalue weighted by Crippen LogP contribution is -2.11. The number of carbonyl (C=O) groups is 2. The van der Waals surface area contributed by atoms with E-state index in [1.54, 1.807) is 43.3 Å². The molecule has 0 radical (unpaired) electrons. The molecule has 0 spiro atoms. The number of methoxy groups -OCH3 is 2. The highest BCUT2D eigenvalue weighted by Gasteiger charge is 2.22. The highest BCUT2D eigenvalue weighted by atomic mass is 16.5. The van der Waals surface area contributed by atoms with E-state index in [1.165, 1.54) is 20.4 Å². The molecule has 7 heteroatoms. The summed E-state index contributed by atoms with van der Waals surface area (Å²) in [5, 5.41) is 0.951.